The van der Waals surface area contributed by atoms with Crippen molar-refractivity contribution in [3.63, 3.8) is 0 Å². The van der Waals surface area contributed by atoms with Crippen molar-refractivity contribution in [2.24, 2.45) is 0 Å². The summed E-state index contributed by atoms with van der Waals surface area (Å²) in [6.45, 7) is 7.69. The Morgan fingerprint density at radius 3 is 2.20 bits per heavy atom. The van der Waals surface area contributed by atoms with Crippen LogP contribution in [0, 0.1) is 4.77 Å². The molecule has 25 heavy (non-hydrogen) atoms. The average Bonchev–Trinajstić information content (AvgIpc) is 2.94. The van der Waals surface area contributed by atoms with Crippen LogP contribution >= 0.6 is 12.2 Å². The van der Waals surface area contributed by atoms with Gasteiger partial charge in [-0.3, -0.25) is 4.90 Å². The van der Waals surface area contributed by atoms with Crippen molar-refractivity contribution in [3.8, 4) is 0 Å². The molecule has 6 nitrogen and oxygen atoms in total. The maximum atomic E-state index is 5.73. The SMILES string of the molecule is CCn1c(=S)n(CN2CCN(c3ncccn3)CC2)c2ccccc21. The molecule has 1 saturated heterocycles. The maximum absolute atomic E-state index is 5.73. The number of benzene rings is 1. The van der Waals surface area contributed by atoms with Gasteiger partial charge >= 0.3 is 0 Å². The van der Waals surface area contributed by atoms with Crippen LogP contribution in [0.2, 0.25) is 0 Å². The van der Waals surface area contributed by atoms with Crippen molar-refractivity contribution >= 4 is 29.2 Å². The van der Waals surface area contributed by atoms with Crippen molar-refractivity contribution in [3.05, 3.63) is 47.5 Å². The van der Waals surface area contributed by atoms with Crippen molar-refractivity contribution in [1.29, 1.82) is 0 Å². The van der Waals surface area contributed by atoms with E-state index in [1.165, 1.54) is 11.0 Å². The highest BCUT2D eigenvalue weighted by Crippen LogP contribution is 2.19. The van der Waals surface area contributed by atoms with Gasteiger partial charge in [-0.05, 0) is 37.3 Å². The van der Waals surface area contributed by atoms with Gasteiger partial charge in [0.1, 0.15) is 0 Å². The Morgan fingerprint density at radius 2 is 1.56 bits per heavy atom. The number of anilines is 1. The third kappa shape index (κ3) is 3.05. The van der Waals surface area contributed by atoms with Crippen molar-refractivity contribution in [2.75, 3.05) is 31.1 Å². The van der Waals surface area contributed by atoms with Gasteiger partial charge in [0, 0.05) is 45.1 Å². The Morgan fingerprint density at radius 1 is 0.920 bits per heavy atom. The normalized spacial score (nSPS) is 15.8. The van der Waals surface area contributed by atoms with Gasteiger partial charge in [0.05, 0.1) is 17.7 Å². The Labute approximate surface area is 152 Å². The summed E-state index contributed by atoms with van der Waals surface area (Å²) >= 11 is 5.73. The Kier molecular flexibility index (Phi) is 4.50. The van der Waals surface area contributed by atoms with E-state index in [9.17, 15) is 0 Å². The molecule has 0 radical (unpaired) electrons. The molecule has 1 aromatic carbocycles. The second-order valence-corrected chi connectivity index (χ2v) is 6.60. The van der Waals surface area contributed by atoms with E-state index < -0.39 is 0 Å². The number of hydrogen-bond acceptors (Lipinski definition) is 5. The lowest BCUT2D eigenvalue weighted by molar-refractivity contribution is 0.206. The molecule has 1 aliphatic heterocycles. The smallest absolute Gasteiger partial charge is 0.225 e. The Balaban J connectivity index is 1.52. The summed E-state index contributed by atoms with van der Waals surface area (Å²) in [6, 6.07) is 10.3. The van der Waals surface area contributed by atoms with E-state index in [0.29, 0.717) is 0 Å². The minimum Gasteiger partial charge on any atom is -0.338 e. The summed E-state index contributed by atoms with van der Waals surface area (Å²) in [7, 11) is 0. The zero-order chi connectivity index (χ0) is 17.2. The fourth-order valence-electron chi connectivity index (χ4n) is 3.46. The van der Waals surface area contributed by atoms with Gasteiger partial charge < -0.3 is 14.0 Å². The van der Waals surface area contributed by atoms with E-state index in [4.69, 9.17) is 12.2 Å². The van der Waals surface area contributed by atoms with Crippen LogP contribution in [-0.4, -0.2) is 50.2 Å². The van der Waals surface area contributed by atoms with E-state index in [1.807, 2.05) is 6.07 Å². The molecule has 0 N–H and O–H groups in total. The number of nitrogens with zero attached hydrogens (tertiary/aromatic N) is 6. The molecule has 0 atom stereocenters. The van der Waals surface area contributed by atoms with E-state index >= 15 is 0 Å². The zero-order valence-electron chi connectivity index (χ0n) is 14.4. The van der Waals surface area contributed by atoms with Crippen molar-refractivity contribution < 1.29 is 0 Å². The van der Waals surface area contributed by atoms with Crippen molar-refractivity contribution in [2.45, 2.75) is 20.1 Å². The molecule has 0 saturated carbocycles. The lowest BCUT2D eigenvalue weighted by Gasteiger charge is -2.34. The van der Waals surface area contributed by atoms with Crippen molar-refractivity contribution in [1.82, 2.24) is 24.0 Å². The summed E-state index contributed by atoms with van der Waals surface area (Å²) in [4.78, 5) is 13.4. The highest BCUT2D eigenvalue weighted by atomic mass is 32.1. The maximum Gasteiger partial charge on any atom is 0.225 e. The van der Waals surface area contributed by atoms with E-state index in [2.05, 4.69) is 60.1 Å². The van der Waals surface area contributed by atoms with Crippen LogP contribution in [0.4, 0.5) is 5.95 Å². The van der Waals surface area contributed by atoms with Crippen LogP contribution in [0.25, 0.3) is 11.0 Å². The lowest BCUT2D eigenvalue weighted by Crippen LogP contribution is -2.47. The second-order valence-electron chi connectivity index (χ2n) is 6.24. The first-order chi connectivity index (χ1) is 12.3. The van der Waals surface area contributed by atoms with Gasteiger partial charge in [0.2, 0.25) is 5.95 Å². The largest absolute Gasteiger partial charge is 0.338 e. The molecule has 1 aliphatic rings. The first-order valence-electron chi connectivity index (χ1n) is 8.70. The molecule has 1 fully saturated rings. The molecule has 4 rings (SSSR count). The number of imidazole rings is 1. The Bertz CT molecular complexity index is 908. The molecule has 0 amide bonds. The molecule has 0 bridgehead atoms. The second kappa shape index (κ2) is 6.93. The van der Waals surface area contributed by atoms with Gasteiger partial charge in [0.25, 0.3) is 0 Å². The van der Waals surface area contributed by atoms with Crippen LogP contribution < -0.4 is 4.90 Å². The first kappa shape index (κ1) is 16.2. The number of hydrogen-bond donors (Lipinski definition) is 0. The molecule has 0 spiro atoms. The standard InChI is InChI=1S/C18H22N6S/c1-2-23-15-6-3-4-7-16(15)24(18(23)25)14-21-10-12-22(13-11-21)17-19-8-5-9-20-17/h3-9H,2,10-14H2,1H3. The molecule has 3 aromatic rings. The highest BCUT2D eigenvalue weighted by molar-refractivity contribution is 7.71. The van der Waals surface area contributed by atoms with Gasteiger partial charge in [-0.1, -0.05) is 12.1 Å². The summed E-state index contributed by atoms with van der Waals surface area (Å²) in [5.74, 6) is 0.821. The minimum atomic E-state index is 0.821. The third-order valence-electron chi connectivity index (χ3n) is 4.79. The first-order valence-corrected chi connectivity index (χ1v) is 9.11. The van der Waals surface area contributed by atoms with Gasteiger partial charge in [0.15, 0.2) is 4.77 Å². The molecule has 0 unspecified atom stereocenters. The topological polar surface area (TPSA) is 42.1 Å². The third-order valence-corrected chi connectivity index (χ3v) is 5.23. The molecular formula is C18H22N6S. The van der Waals surface area contributed by atoms with Crippen LogP contribution in [-0.2, 0) is 13.2 Å². The van der Waals surface area contributed by atoms with E-state index in [-0.39, 0.29) is 0 Å². The molecular weight excluding hydrogens is 332 g/mol. The van der Waals surface area contributed by atoms with Crippen LogP contribution in [0.1, 0.15) is 6.92 Å². The summed E-state index contributed by atoms with van der Waals surface area (Å²) in [5.41, 5.74) is 2.43. The number of para-hydroxylation sites is 2. The lowest BCUT2D eigenvalue weighted by atomic mass is 10.3. The average molecular weight is 354 g/mol. The highest BCUT2D eigenvalue weighted by Gasteiger charge is 2.20. The molecule has 2 aromatic heterocycles. The predicted molar refractivity (Wildman–Crippen MR) is 102 cm³/mol. The molecule has 7 heteroatoms. The summed E-state index contributed by atoms with van der Waals surface area (Å²) in [6.07, 6.45) is 3.60. The fourth-order valence-corrected chi connectivity index (χ4v) is 3.84. The van der Waals surface area contributed by atoms with E-state index in [0.717, 1.165) is 50.1 Å². The van der Waals surface area contributed by atoms with Crippen LogP contribution in [0.5, 0.6) is 0 Å². The molecule has 130 valence electrons. The number of rotatable bonds is 4. The van der Waals surface area contributed by atoms with Crippen LogP contribution in [0.3, 0.4) is 0 Å². The number of fused-ring (bicyclic) bond motifs is 1. The van der Waals surface area contributed by atoms with Crippen LogP contribution in [0.15, 0.2) is 42.7 Å². The number of aromatic nitrogens is 4. The fraction of sp³-hybridized carbons (Fsp3) is 0.389. The van der Waals surface area contributed by atoms with E-state index in [1.54, 1.807) is 12.4 Å². The zero-order valence-corrected chi connectivity index (χ0v) is 15.2. The number of piperazine rings is 1. The summed E-state index contributed by atoms with van der Waals surface area (Å²) in [5, 5.41) is 0. The minimum absolute atomic E-state index is 0.821. The van der Waals surface area contributed by atoms with Gasteiger partial charge in [-0.25, -0.2) is 9.97 Å². The summed E-state index contributed by atoms with van der Waals surface area (Å²) < 4.78 is 5.36. The van der Waals surface area contributed by atoms with Gasteiger partial charge in [-0.2, -0.15) is 0 Å². The molecule has 0 aliphatic carbocycles. The molecule has 3 heterocycles. The number of aryl methyl sites for hydroxylation is 1. The van der Waals surface area contributed by atoms with Gasteiger partial charge in [-0.15, -0.1) is 0 Å². The quantitative estimate of drug-likeness (QED) is 0.674. The monoisotopic (exact) mass is 354 g/mol. The predicted octanol–water partition coefficient (Wildman–Crippen LogP) is 2.76. The Hall–Kier alpha value is -2.25.